The molecule has 106 valence electrons. The third kappa shape index (κ3) is 2.85. The van der Waals surface area contributed by atoms with E-state index < -0.39 is 16.5 Å². The maximum absolute atomic E-state index is 14.1. The van der Waals surface area contributed by atoms with Crippen LogP contribution in [0.25, 0.3) is 0 Å². The van der Waals surface area contributed by atoms with Crippen molar-refractivity contribution >= 4 is 15.9 Å². The molecule has 20 heavy (non-hydrogen) atoms. The van der Waals surface area contributed by atoms with E-state index in [9.17, 15) is 8.78 Å². The zero-order valence-electron chi connectivity index (χ0n) is 11.5. The molecule has 0 aliphatic rings. The highest BCUT2D eigenvalue weighted by molar-refractivity contribution is 9.09. The predicted molar refractivity (Wildman–Crippen MR) is 79.6 cm³/mol. The first kappa shape index (κ1) is 15.0. The first-order valence-electron chi connectivity index (χ1n) is 6.18. The first-order valence-corrected chi connectivity index (χ1v) is 7.09. The Balaban J connectivity index is 2.50. The molecular formula is C16H15BrF2O. The van der Waals surface area contributed by atoms with Gasteiger partial charge < -0.3 is 4.74 Å². The van der Waals surface area contributed by atoms with Gasteiger partial charge in [-0.2, -0.15) is 0 Å². The molecule has 1 nitrogen and oxygen atoms in total. The van der Waals surface area contributed by atoms with Gasteiger partial charge in [-0.3, -0.25) is 0 Å². The number of rotatable bonds is 3. The van der Waals surface area contributed by atoms with E-state index in [4.69, 9.17) is 4.74 Å². The zero-order valence-corrected chi connectivity index (χ0v) is 13.1. The second kappa shape index (κ2) is 5.92. The van der Waals surface area contributed by atoms with Crippen molar-refractivity contribution in [2.75, 3.05) is 7.11 Å². The summed E-state index contributed by atoms with van der Waals surface area (Å²) in [5.74, 6) is -1.07. The van der Waals surface area contributed by atoms with Crippen molar-refractivity contribution < 1.29 is 13.5 Å². The SMILES string of the molecule is COc1cc(F)c(C(Br)c2ccc(C)cc2C)c(F)c1. The minimum absolute atomic E-state index is 0.00208. The van der Waals surface area contributed by atoms with E-state index in [1.54, 1.807) is 0 Å². The van der Waals surface area contributed by atoms with Gasteiger partial charge in [0.2, 0.25) is 0 Å². The maximum Gasteiger partial charge on any atom is 0.134 e. The second-order valence-electron chi connectivity index (χ2n) is 4.73. The van der Waals surface area contributed by atoms with Crippen molar-refractivity contribution in [1.29, 1.82) is 0 Å². The lowest BCUT2D eigenvalue weighted by atomic mass is 9.98. The van der Waals surface area contributed by atoms with Crippen molar-refractivity contribution in [2.45, 2.75) is 18.7 Å². The third-order valence-electron chi connectivity index (χ3n) is 3.24. The summed E-state index contributed by atoms with van der Waals surface area (Å²) in [6, 6.07) is 8.18. The van der Waals surface area contributed by atoms with Crippen LogP contribution in [0.3, 0.4) is 0 Å². The van der Waals surface area contributed by atoms with Crippen LogP contribution in [-0.2, 0) is 0 Å². The van der Waals surface area contributed by atoms with E-state index in [0.717, 1.165) is 16.7 Å². The Kier molecular flexibility index (Phi) is 4.43. The van der Waals surface area contributed by atoms with Gasteiger partial charge >= 0.3 is 0 Å². The Morgan fingerprint density at radius 2 is 1.65 bits per heavy atom. The monoisotopic (exact) mass is 340 g/mol. The fourth-order valence-electron chi connectivity index (χ4n) is 2.19. The van der Waals surface area contributed by atoms with Gasteiger partial charge in [-0.25, -0.2) is 8.78 Å². The Bertz CT molecular complexity index is 617. The molecule has 0 heterocycles. The number of ether oxygens (including phenoxy) is 1. The molecule has 2 aromatic rings. The van der Waals surface area contributed by atoms with Gasteiger partial charge in [0.1, 0.15) is 17.4 Å². The molecular weight excluding hydrogens is 326 g/mol. The lowest BCUT2D eigenvalue weighted by Crippen LogP contribution is -2.03. The number of aryl methyl sites for hydroxylation is 2. The summed E-state index contributed by atoms with van der Waals surface area (Å²) in [5, 5.41) is 0. The molecule has 0 aliphatic heterocycles. The second-order valence-corrected chi connectivity index (χ2v) is 5.64. The lowest BCUT2D eigenvalue weighted by molar-refractivity contribution is 0.405. The van der Waals surface area contributed by atoms with Crippen LogP contribution in [0.5, 0.6) is 5.75 Å². The van der Waals surface area contributed by atoms with Crippen molar-refractivity contribution in [3.8, 4) is 5.75 Å². The summed E-state index contributed by atoms with van der Waals surface area (Å²) in [6.45, 7) is 3.91. The van der Waals surface area contributed by atoms with E-state index in [1.807, 2.05) is 32.0 Å². The molecule has 0 radical (unpaired) electrons. The number of halogens is 3. The van der Waals surface area contributed by atoms with Crippen LogP contribution >= 0.6 is 15.9 Å². The average molecular weight is 341 g/mol. The van der Waals surface area contributed by atoms with Crippen LogP contribution in [0, 0.1) is 25.5 Å². The van der Waals surface area contributed by atoms with Crippen molar-refractivity contribution in [2.24, 2.45) is 0 Å². The van der Waals surface area contributed by atoms with Crippen LogP contribution in [0.15, 0.2) is 30.3 Å². The van der Waals surface area contributed by atoms with Gasteiger partial charge in [0, 0.05) is 17.7 Å². The smallest absolute Gasteiger partial charge is 0.134 e. The normalized spacial score (nSPS) is 12.3. The quantitative estimate of drug-likeness (QED) is 0.708. The summed E-state index contributed by atoms with van der Waals surface area (Å²) in [7, 11) is 1.38. The minimum Gasteiger partial charge on any atom is -0.497 e. The first-order chi connectivity index (χ1) is 9.43. The van der Waals surface area contributed by atoms with E-state index >= 15 is 0 Å². The number of hydrogen-bond acceptors (Lipinski definition) is 1. The summed E-state index contributed by atoms with van der Waals surface area (Å²) in [5.41, 5.74) is 2.94. The van der Waals surface area contributed by atoms with Gasteiger partial charge in [0.25, 0.3) is 0 Å². The molecule has 0 aromatic heterocycles. The van der Waals surface area contributed by atoms with Crippen LogP contribution in [0.2, 0.25) is 0 Å². The number of alkyl halides is 1. The molecule has 1 atom stereocenters. The van der Waals surface area contributed by atoms with Gasteiger partial charge in [-0.15, -0.1) is 0 Å². The van der Waals surface area contributed by atoms with Crippen LogP contribution in [0.1, 0.15) is 27.1 Å². The summed E-state index contributed by atoms with van der Waals surface area (Å²) < 4.78 is 33.1. The Morgan fingerprint density at radius 1 is 1.05 bits per heavy atom. The molecule has 4 heteroatoms. The molecule has 0 aliphatic carbocycles. The average Bonchev–Trinajstić information content (AvgIpc) is 2.37. The zero-order chi connectivity index (χ0) is 14.9. The molecule has 0 amide bonds. The summed E-state index contributed by atoms with van der Waals surface area (Å²) >= 11 is 3.40. The standard InChI is InChI=1S/C16H15BrF2O/c1-9-4-5-12(10(2)6-9)16(17)15-13(18)7-11(20-3)8-14(15)19/h4-8,16H,1-3H3. The third-order valence-corrected chi connectivity index (χ3v) is 4.19. The highest BCUT2D eigenvalue weighted by Gasteiger charge is 2.22. The number of benzene rings is 2. The molecule has 1 unspecified atom stereocenters. The van der Waals surface area contributed by atoms with Crippen LogP contribution in [-0.4, -0.2) is 7.11 Å². The molecule has 2 rings (SSSR count). The Hall–Kier alpha value is -1.42. The van der Waals surface area contributed by atoms with Crippen LogP contribution in [0.4, 0.5) is 8.78 Å². The van der Waals surface area contributed by atoms with E-state index in [0.29, 0.717) is 0 Å². The van der Waals surface area contributed by atoms with Gasteiger partial charge in [0.15, 0.2) is 0 Å². The number of methoxy groups -OCH3 is 1. The lowest BCUT2D eigenvalue weighted by Gasteiger charge is -2.16. The molecule has 0 spiro atoms. The molecule has 2 aromatic carbocycles. The van der Waals surface area contributed by atoms with E-state index in [1.165, 1.54) is 19.2 Å². The summed E-state index contributed by atoms with van der Waals surface area (Å²) in [4.78, 5) is -0.533. The molecule has 0 N–H and O–H groups in total. The van der Waals surface area contributed by atoms with Gasteiger partial charge in [0.05, 0.1) is 11.9 Å². The van der Waals surface area contributed by atoms with Crippen LogP contribution < -0.4 is 4.74 Å². The Morgan fingerprint density at radius 3 is 2.15 bits per heavy atom. The maximum atomic E-state index is 14.1. The molecule has 0 bridgehead atoms. The van der Waals surface area contributed by atoms with Crippen molar-refractivity contribution in [3.05, 3.63) is 64.2 Å². The minimum atomic E-state index is -0.622. The fourth-order valence-corrected chi connectivity index (χ4v) is 3.14. The van der Waals surface area contributed by atoms with Crippen molar-refractivity contribution in [3.63, 3.8) is 0 Å². The van der Waals surface area contributed by atoms with Gasteiger partial charge in [-0.1, -0.05) is 39.7 Å². The van der Waals surface area contributed by atoms with E-state index in [-0.39, 0.29) is 11.3 Å². The Labute approximate surface area is 125 Å². The molecule has 0 saturated carbocycles. The fraction of sp³-hybridized carbons (Fsp3) is 0.250. The largest absolute Gasteiger partial charge is 0.497 e. The topological polar surface area (TPSA) is 9.23 Å². The summed E-state index contributed by atoms with van der Waals surface area (Å²) in [6.07, 6.45) is 0. The number of hydrogen-bond donors (Lipinski definition) is 0. The molecule has 0 saturated heterocycles. The predicted octanol–water partition coefficient (Wildman–Crippen LogP) is 5.07. The highest BCUT2D eigenvalue weighted by Crippen LogP contribution is 2.37. The highest BCUT2D eigenvalue weighted by atomic mass is 79.9. The molecule has 0 fully saturated rings. The van der Waals surface area contributed by atoms with Crippen molar-refractivity contribution in [1.82, 2.24) is 0 Å². The van der Waals surface area contributed by atoms with E-state index in [2.05, 4.69) is 15.9 Å². The van der Waals surface area contributed by atoms with Gasteiger partial charge in [-0.05, 0) is 25.0 Å².